The van der Waals surface area contributed by atoms with Crippen molar-refractivity contribution in [2.24, 2.45) is 7.05 Å². The van der Waals surface area contributed by atoms with Crippen LogP contribution in [0.1, 0.15) is 16.7 Å². The second-order valence-electron chi connectivity index (χ2n) is 4.62. The fourth-order valence-electron chi connectivity index (χ4n) is 1.78. The molecule has 0 aliphatic carbocycles. The van der Waals surface area contributed by atoms with Gasteiger partial charge in [-0.05, 0) is 12.5 Å². The minimum Gasteiger partial charge on any atom is -0.384 e. The summed E-state index contributed by atoms with van der Waals surface area (Å²) in [5.74, 6) is 0.558. The molecule has 1 amide bonds. The molecule has 0 spiro atoms. The Morgan fingerprint density at radius 1 is 1.37 bits per heavy atom. The Kier molecular flexibility index (Phi) is 3.85. The van der Waals surface area contributed by atoms with Gasteiger partial charge in [-0.1, -0.05) is 29.8 Å². The predicted molar refractivity (Wildman–Crippen MR) is 74.4 cm³/mol. The summed E-state index contributed by atoms with van der Waals surface area (Å²) in [4.78, 5) is 11.8. The first kappa shape index (κ1) is 13.1. The van der Waals surface area contributed by atoms with Crippen LogP contribution in [0.3, 0.4) is 0 Å². The second kappa shape index (κ2) is 5.56. The van der Waals surface area contributed by atoms with Crippen LogP contribution in [-0.2, 0) is 24.8 Å². The van der Waals surface area contributed by atoms with Gasteiger partial charge in [0.25, 0.3) is 0 Å². The minimum atomic E-state index is -0.0212. The smallest absolute Gasteiger partial charge is 0.224 e. The fraction of sp³-hybridized carbons (Fsp3) is 0.286. The van der Waals surface area contributed by atoms with Crippen molar-refractivity contribution in [1.82, 2.24) is 15.1 Å². The number of hydrogen-bond acceptors (Lipinski definition) is 3. The van der Waals surface area contributed by atoms with Gasteiger partial charge in [0.05, 0.1) is 12.6 Å². The number of nitrogens with two attached hydrogens (primary N) is 1. The summed E-state index contributed by atoms with van der Waals surface area (Å²) in [6.45, 7) is 2.43. The quantitative estimate of drug-likeness (QED) is 0.864. The van der Waals surface area contributed by atoms with Gasteiger partial charge < -0.3 is 11.1 Å². The third-order valence-electron chi connectivity index (χ3n) is 3.03. The van der Waals surface area contributed by atoms with Crippen molar-refractivity contribution in [2.75, 3.05) is 5.73 Å². The molecule has 5 nitrogen and oxygen atoms in total. The van der Waals surface area contributed by atoms with Crippen molar-refractivity contribution >= 4 is 11.7 Å². The van der Waals surface area contributed by atoms with Crippen LogP contribution < -0.4 is 11.1 Å². The molecule has 0 aliphatic heterocycles. The number of carbonyl (C=O) groups is 1. The molecule has 0 saturated carbocycles. The number of nitrogens with one attached hydrogen (secondary N) is 1. The normalized spacial score (nSPS) is 10.4. The molecule has 3 N–H and O–H groups in total. The molecule has 0 unspecified atom stereocenters. The molecule has 2 aromatic rings. The van der Waals surface area contributed by atoms with Gasteiger partial charge in [0.2, 0.25) is 5.91 Å². The number of aryl methyl sites for hydroxylation is 2. The molecule has 0 aliphatic rings. The number of aromatic nitrogens is 2. The summed E-state index contributed by atoms with van der Waals surface area (Å²) in [6.07, 6.45) is 2.04. The van der Waals surface area contributed by atoms with Gasteiger partial charge in [0.15, 0.2) is 0 Å². The van der Waals surface area contributed by atoms with Gasteiger partial charge in [-0.3, -0.25) is 9.48 Å². The van der Waals surface area contributed by atoms with E-state index in [1.54, 1.807) is 17.9 Å². The molecular weight excluding hydrogens is 240 g/mol. The Bertz CT molecular complexity index is 572. The van der Waals surface area contributed by atoms with E-state index in [1.165, 1.54) is 5.56 Å². The van der Waals surface area contributed by atoms with E-state index in [4.69, 9.17) is 5.73 Å². The summed E-state index contributed by atoms with van der Waals surface area (Å²) in [5.41, 5.74) is 8.83. The third-order valence-corrected chi connectivity index (χ3v) is 3.03. The first-order valence-electron chi connectivity index (χ1n) is 6.15. The zero-order valence-electron chi connectivity index (χ0n) is 11.2. The molecule has 0 radical (unpaired) electrons. The van der Waals surface area contributed by atoms with E-state index in [-0.39, 0.29) is 5.91 Å². The molecule has 0 fully saturated rings. The summed E-state index contributed by atoms with van der Waals surface area (Å²) < 4.78 is 1.58. The van der Waals surface area contributed by atoms with E-state index in [0.29, 0.717) is 18.8 Å². The van der Waals surface area contributed by atoms with Crippen LogP contribution in [0, 0.1) is 6.92 Å². The Hall–Kier alpha value is -2.30. The highest BCUT2D eigenvalue weighted by Gasteiger charge is 2.07. The lowest BCUT2D eigenvalue weighted by Gasteiger charge is -2.05. The lowest BCUT2D eigenvalue weighted by atomic mass is 10.1. The minimum absolute atomic E-state index is 0.0212. The molecule has 2 rings (SSSR count). The van der Waals surface area contributed by atoms with Crippen molar-refractivity contribution < 1.29 is 4.79 Å². The maximum absolute atomic E-state index is 11.8. The van der Waals surface area contributed by atoms with Crippen LogP contribution in [-0.4, -0.2) is 15.7 Å². The number of nitrogen functional groups attached to an aromatic ring is 1. The summed E-state index contributed by atoms with van der Waals surface area (Å²) in [5, 5.41) is 6.87. The van der Waals surface area contributed by atoms with Gasteiger partial charge in [0.1, 0.15) is 5.82 Å². The van der Waals surface area contributed by atoms with Crippen molar-refractivity contribution in [3.63, 3.8) is 0 Å². The van der Waals surface area contributed by atoms with E-state index in [0.717, 1.165) is 11.1 Å². The van der Waals surface area contributed by atoms with Gasteiger partial charge in [0, 0.05) is 19.2 Å². The van der Waals surface area contributed by atoms with E-state index in [2.05, 4.69) is 10.4 Å². The molecule has 1 heterocycles. The number of amides is 1. The van der Waals surface area contributed by atoms with Gasteiger partial charge in [-0.15, -0.1) is 0 Å². The fourth-order valence-corrected chi connectivity index (χ4v) is 1.78. The molecule has 0 atom stereocenters. The monoisotopic (exact) mass is 258 g/mol. The van der Waals surface area contributed by atoms with Gasteiger partial charge in [-0.25, -0.2) is 0 Å². The molecule has 19 heavy (non-hydrogen) atoms. The van der Waals surface area contributed by atoms with Crippen molar-refractivity contribution in [2.45, 2.75) is 19.9 Å². The lowest BCUT2D eigenvalue weighted by molar-refractivity contribution is -0.120. The highest BCUT2D eigenvalue weighted by Crippen LogP contribution is 2.09. The molecule has 1 aromatic heterocycles. The number of anilines is 1. The van der Waals surface area contributed by atoms with Crippen LogP contribution in [0.4, 0.5) is 5.82 Å². The van der Waals surface area contributed by atoms with Gasteiger partial charge in [-0.2, -0.15) is 5.10 Å². The van der Waals surface area contributed by atoms with Crippen LogP contribution in [0.15, 0.2) is 30.5 Å². The van der Waals surface area contributed by atoms with Crippen molar-refractivity contribution in [1.29, 1.82) is 0 Å². The molecule has 5 heteroatoms. The first-order valence-corrected chi connectivity index (χ1v) is 6.15. The van der Waals surface area contributed by atoms with E-state index in [1.807, 2.05) is 31.2 Å². The van der Waals surface area contributed by atoms with Crippen LogP contribution >= 0.6 is 0 Å². The third kappa shape index (κ3) is 3.34. The number of carbonyl (C=O) groups excluding carboxylic acids is 1. The zero-order chi connectivity index (χ0) is 13.8. The summed E-state index contributed by atoms with van der Waals surface area (Å²) >= 11 is 0. The highest BCUT2D eigenvalue weighted by atomic mass is 16.1. The Balaban J connectivity index is 1.88. The number of nitrogens with zero attached hydrogens (tertiary/aromatic N) is 2. The molecule has 0 saturated heterocycles. The van der Waals surface area contributed by atoms with Gasteiger partial charge >= 0.3 is 0 Å². The molecule has 1 aromatic carbocycles. The maximum atomic E-state index is 11.8. The Morgan fingerprint density at radius 2 is 2.05 bits per heavy atom. The molecular formula is C14H18N4O. The predicted octanol–water partition coefficient (Wildman–Crippen LogP) is 1.17. The molecule has 100 valence electrons. The molecule has 0 bridgehead atoms. The van der Waals surface area contributed by atoms with Crippen molar-refractivity contribution in [3.8, 4) is 0 Å². The average Bonchev–Trinajstić information content (AvgIpc) is 2.70. The summed E-state index contributed by atoms with van der Waals surface area (Å²) in [6, 6.07) is 7.93. The second-order valence-corrected chi connectivity index (χ2v) is 4.62. The average molecular weight is 258 g/mol. The first-order chi connectivity index (χ1) is 9.06. The zero-order valence-corrected chi connectivity index (χ0v) is 11.2. The standard InChI is InChI=1S/C14H18N4O/c1-10-3-5-11(6-4-10)7-13(19)16-8-12-9-17-18(2)14(12)15/h3-6,9H,7-8,15H2,1-2H3,(H,16,19). The van der Waals surface area contributed by atoms with Crippen LogP contribution in [0.5, 0.6) is 0 Å². The lowest BCUT2D eigenvalue weighted by Crippen LogP contribution is -2.24. The Labute approximate surface area is 112 Å². The highest BCUT2D eigenvalue weighted by molar-refractivity contribution is 5.78. The SMILES string of the molecule is Cc1ccc(CC(=O)NCc2cnn(C)c2N)cc1. The van der Waals surface area contributed by atoms with Crippen molar-refractivity contribution in [3.05, 3.63) is 47.2 Å². The van der Waals surface area contributed by atoms with Crippen LogP contribution in [0.25, 0.3) is 0 Å². The number of benzene rings is 1. The Morgan fingerprint density at radius 3 is 2.63 bits per heavy atom. The van der Waals surface area contributed by atoms with E-state index >= 15 is 0 Å². The summed E-state index contributed by atoms with van der Waals surface area (Å²) in [7, 11) is 1.77. The number of rotatable bonds is 4. The van der Waals surface area contributed by atoms with Crippen LogP contribution in [0.2, 0.25) is 0 Å². The maximum Gasteiger partial charge on any atom is 0.224 e. The topological polar surface area (TPSA) is 72.9 Å². The van der Waals surface area contributed by atoms with E-state index < -0.39 is 0 Å². The largest absolute Gasteiger partial charge is 0.384 e. The number of hydrogen-bond donors (Lipinski definition) is 2. The van der Waals surface area contributed by atoms with E-state index in [9.17, 15) is 4.79 Å².